The van der Waals surface area contributed by atoms with E-state index in [1.807, 2.05) is 13.8 Å². The predicted molar refractivity (Wildman–Crippen MR) is 62.2 cm³/mol. The fourth-order valence-electron chi connectivity index (χ4n) is 1.23. The fraction of sp³-hybridized carbons (Fsp3) is 0.636. The second-order valence-electron chi connectivity index (χ2n) is 4.14. The Labute approximate surface area is 96.1 Å². The third-order valence-electron chi connectivity index (χ3n) is 2.05. The quantitative estimate of drug-likeness (QED) is 0.673. The van der Waals surface area contributed by atoms with Crippen LogP contribution in [0.2, 0.25) is 0 Å². The molecule has 0 bridgehead atoms. The highest BCUT2D eigenvalue weighted by molar-refractivity contribution is 5.82. The van der Waals surface area contributed by atoms with Crippen molar-refractivity contribution in [3.05, 3.63) is 12.7 Å². The molecule has 92 valence electrons. The van der Waals surface area contributed by atoms with Gasteiger partial charge in [0.05, 0.1) is 0 Å². The molecule has 16 heavy (non-hydrogen) atoms. The van der Waals surface area contributed by atoms with E-state index in [1.165, 1.54) is 4.90 Å². The Bertz CT molecular complexity index is 264. The van der Waals surface area contributed by atoms with Crippen molar-refractivity contribution in [3.63, 3.8) is 0 Å². The third-order valence-corrected chi connectivity index (χ3v) is 2.05. The van der Waals surface area contributed by atoms with Crippen LogP contribution < -0.4 is 5.32 Å². The standard InChI is InChI=1S/C11H20N2O3/c1-5-6-13(4)11(16)12-9(10(14)15)7-8(2)3/h5,8-9H,1,6-7H2,2-4H3,(H,12,16)(H,14,15). The summed E-state index contributed by atoms with van der Waals surface area (Å²) < 4.78 is 0. The number of amides is 2. The Balaban J connectivity index is 4.33. The van der Waals surface area contributed by atoms with E-state index in [9.17, 15) is 9.59 Å². The summed E-state index contributed by atoms with van der Waals surface area (Å²) in [5, 5.41) is 11.4. The number of nitrogens with one attached hydrogen (secondary N) is 1. The lowest BCUT2D eigenvalue weighted by molar-refractivity contribution is -0.139. The molecule has 0 heterocycles. The molecule has 0 spiro atoms. The summed E-state index contributed by atoms with van der Waals surface area (Å²) in [6, 6.07) is -1.23. The molecule has 0 fully saturated rings. The summed E-state index contributed by atoms with van der Waals surface area (Å²) >= 11 is 0. The molecule has 0 saturated heterocycles. The van der Waals surface area contributed by atoms with Gasteiger partial charge in [0.25, 0.3) is 0 Å². The summed E-state index contributed by atoms with van der Waals surface area (Å²) in [5.74, 6) is -0.792. The highest BCUT2D eigenvalue weighted by Crippen LogP contribution is 2.05. The summed E-state index contributed by atoms with van der Waals surface area (Å²) in [7, 11) is 1.59. The lowest BCUT2D eigenvalue weighted by Gasteiger charge is -2.21. The van der Waals surface area contributed by atoms with Gasteiger partial charge in [0, 0.05) is 13.6 Å². The number of likely N-dealkylation sites (N-methyl/N-ethyl adjacent to an activating group) is 1. The highest BCUT2D eigenvalue weighted by Gasteiger charge is 2.22. The minimum atomic E-state index is -1.01. The predicted octanol–water partition coefficient (Wildman–Crippen LogP) is 1.31. The first kappa shape index (κ1) is 14.5. The van der Waals surface area contributed by atoms with Gasteiger partial charge in [-0.2, -0.15) is 0 Å². The van der Waals surface area contributed by atoms with Crippen molar-refractivity contribution in [2.45, 2.75) is 26.3 Å². The van der Waals surface area contributed by atoms with Gasteiger partial charge in [-0.1, -0.05) is 19.9 Å². The number of carboxylic acids is 1. The summed E-state index contributed by atoms with van der Waals surface area (Å²) in [6.07, 6.45) is 2.00. The van der Waals surface area contributed by atoms with E-state index in [0.29, 0.717) is 13.0 Å². The maximum atomic E-state index is 11.5. The fourth-order valence-corrected chi connectivity index (χ4v) is 1.23. The molecule has 0 aliphatic heterocycles. The van der Waals surface area contributed by atoms with Crippen molar-refractivity contribution in [2.75, 3.05) is 13.6 Å². The molecule has 1 atom stereocenters. The molecule has 5 heteroatoms. The largest absolute Gasteiger partial charge is 0.480 e. The molecule has 0 saturated carbocycles. The number of nitrogens with zero attached hydrogens (tertiary/aromatic N) is 1. The SMILES string of the molecule is C=CCN(C)C(=O)NC(CC(C)C)C(=O)O. The van der Waals surface area contributed by atoms with Crippen molar-refractivity contribution < 1.29 is 14.7 Å². The second kappa shape index (κ2) is 6.87. The third kappa shape index (κ3) is 5.38. The van der Waals surface area contributed by atoms with Gasteiger partial charge in [-0.15, -0.1) is 6.58 Å². The zero-order valence-corrected chi connectivity index (χ0v) is 10.1. The number of hydrogen-bond acceptors (Lipinski definition) is 2. The van der Waals surface area contributed by atoms with Gasteiger partial charge < -0.3 is 15.3 Å². The number of carbonyl (C=O) groups is 2. The van der Waals surface area contributed by atoms with Gasteiger partial charge in [0.2, 0.25) is 0 Å². The van der Waals surface area contributed by atoms with Crippen LogP contribution in [0.3, 0.4) is 0 Å². The molecule has 2 amide bonds. The van der Waals surface area contributed by atoms with E-state index < -0.39 is 18.0 Å². The Morgan fingerprint density at radius 1 is 1.50 bits per heavy atom. The molecular formula is C11H20N2O3. The van der Waals surface area contributed by atoms with Gasteiger partial charge in [0.1, 0.15) is 6.04 Å². The van der Waals surface area contributed by atoms with Crippen LogP contribution in [0.25, 0.3) is 0 Å². The van der Waals surface area contributed by atoms with Crippen LogP contribution in [-0.4, -0.2) is 41.6 Å². The number of aliphatic carboxylic acids is 1. The number of urea groups is 1. The zero-order chi connectivity index (χ0) is 12.7. The maximum absolute atomic E-state index is 11.5. The normalized spacial score (nSPS) is 12.0. The number of carboxylic acid groups (broad SMARTS) is 1. The van der Waals surface area contributed by atoms with Crippen molar-refractivity contribution >= 4 is 12.0 Å². The summed E-state index contributed by atoms with van der Waals surface area (Å²) in [6.45, 7) is 7.72. The molecule has 0 rings (SSSR count). The second-order valence-corrected chi connectivity index (χ2v) is 4.14. The van der Waals surface area contributed by atoms with E-state index >= 15 is 0 Å². The van der Waals surface area contributed by atoms with Crippen molar-refractivity contribution in [3.8, 4) is 0 Å². The topological polar surface area (TPSA) is 69.6 Å². The molecule has 1 unspecified atom stereocenters. The van der Waals surface area contributed by atoms with Crippen molar-refractivity contribution in [1.82, 2.24) is 10.2 Å². The Kier molecular flexibility index (Phi) is 6.22. The van der Waals surface area contributed by atoms with E-state index in [1.54, 1.807) is 13.1 Å². The first-order chi connectivity index (χ1) is 7.38. The van der Waals surface area contributed by atoms with Gasteiger partial charge >= 0.3 is 12.0 Å². The van der Waals surface area contributed by atoms with Gasteiger partial charge in [-0.25, -0.2) is 9.59 Å². The molecule has 0 radical (unpaired) electrons. The Morgan fingerprint density at radius 3 is 2.44 bits per heavy atom. The average molecular weight is 228 g/mol. The smallest absolute Gasteiger partial charge is 0.326 e. The van der Waals surface area contributed by atoms with Gasteiger partial charge in [-0.05, 0) is 12.3 Å². The minimum Gasteiger partial charge on any atom is -0.480 e. The maximum Gasteiger partial charge on any atom is 0.326 e. The molecule has 0 aromatic heterocycles. The van der Waals surface area contributed by atoms with Crippen molar-refractivity contribution in [2.24, 2.45) is 5.92 Å². The van der Waals surface area contributed by atoms with Gasteiger partial charge in [0.15, 0.2) is 0 Å². The lowest BCUT2D eigenvalue weighted by Crippen LogP contribution is -2.47. The molecular weight excluding hydrogens is 208 g/mol. The van der Waals surface area contributed by atoms with Crippen molar-refractivity contribution in [1.29, 1.82) is 0 Å². The van der Waals surface area contributed by atoms with Crippen LogP contribution in [0.15, 0.2) is 12.7 Å². The number of rotatable bonds is 6. The first-order valence-corrected chi connectivity index (χ1v) is 5.23. The van der Waals surface area contributed by atoms with E-state index in [-0.39, 0.29) is 5.92 Å². The molecule has 0 aromatic carbocycles. The van der Waals surface area contributed by atoms with Crippen LogP contribution in [-0.2, 0) is 4.79 Å². The first-order valence-electron chi connectivity index (χ1n) is 5.23. The van der Waals surface area contributed by atoms with Crippen LogP contribution in [0.4, 0.5) is 4.79 Å². The van der Waals surface area contributed by atoms with E-state index in [2.05, 4.69) is 11.9 Å². The summed E-state index contributed by atoms with van der Waals surface area (Å²) in [5.41, 5.74) is 0. The molecule has 0 aromatic rings. The molecule has 2 N–H and O–H groups in total. The van der Waals surface area contributed by atoms with Crippen LogP contribution >= 0.6 is 0 Å². The highest BCUT2D eigenvalue weighted by atomic mass is 16.4. The molecule has 0 aliphatic rings. The van der Waals surface area contributed by atoms with Gasteiger partial charge in [-0.3, -0.25) is 0 Å². The van der Waals surface area contributed by atoms with E-state index in [0.717, 1.165) is 0 Å². The Hall–Kier alpha value is -1.52. The van der Waals surface area contributed by atoms with Crippen LogP contribution in [0.1, 0.15) is 20.3 Å². The number of carbonyl (C=O) groups excluding carboxylic acids is 1. The lowest BCUT2D eigenvalue weighted by atomic mass is 10.0. The Morgan fingerprint density at radius 2 is 2.06 bits per heavy atom. The molecule has 5 nitrogen and oxygen atoms in total. The van der Waals surface area contributed by atoms with Crippen LogP contribution in [0, 0.1) is 5.92 Å². The van der Waals surface area contributed by atoms with Crippen LogP contribution in [0.5, 0.6) is 0 Å². The monoisotopic (exact) mass is 228 g/mol. The average Bonchev–Trinajstić information content (AvgIpc) is 2.16. The molecule has 0 aliphatic carbocycles. The minimum absolute atomic E-state index is 0.214. The number of hydrogen-bond donors (Lipinski definition) is 2. The van der Waals surface area contributed by atoms with E-state index in [4.69, 9.17) is 5.11 Å². The summed E-state index contributed by atoms with van der Waals surface area (Å²) in [4.78, 5) is 23.8. The zero-order valence-electron chi connectivity index (χ0n) is 10.1.